The molecule has 0 aromatic rings. The summed E-state index contributed by atoms with van der Waals surface area (Å²) >= 11 is 0. The number of hydrogen-bond acceptors (Lipinski definition) is 2. The van der Waals surface area contributed by atoms with Gasteiger partial charge in [-0.2, -0.15) is 0 Å². The highest BCUT2D eigenvalue weighted by Crippen LogP contribution is 1.99. The highest BCUT2D eigenvalue weighted by molar-refractivity contribution is 5.71. The summed E-state index contributed by atoms with van der Waals surface area (Å²) in [5.41, 5.74) is 0.703. The van der Waals surface area contributed by atoms with Gasteiger partial charge in [-0.1, -0.05) is 13.5 Å². The lowest BCUT2D eigenvalue weighted by atomic mass is 10.2. The minimum absolute atomic E-state index is 0.703. The van der Waals surface area contributed by atoms with Crippen LogP contribution < -0.4 is 0 Å². The van der Waals surface area contributed by atoms with Crippen LogP contribution in [0.15, 0.2) is 12.2 Å². The van der Waals surface area contributed by atoms with Crippen LogP contribution in [-0.2, 0) is 4.79 Å². The third-order valence-electron chi connectivity index (χ3n) is 1.74. The van der Waals surface area contributed by atoms with Crippen LogP contribution in [0.2, 0.25) is 0 Å². The predicted octanol–water partition coefficient (Wildman–Crippen LogP) is 1.47. The van der Waals surface area contributed by atoms with Gasteiger partial charge in [-0.25, -0.2) is 0 Å². The standard InChI is InChI=1S/C9H17NO/c1-4-10(3)7-5-6-9(2)8-11/h8H,2,4-7H2,1,3H3. The molecule has 0 amide bonds. The SMILES string of the molecule is C=C(C=O)CCCN(C)CC. The molecule has 0 aliphatic heterocycles. The Balaban J connectivity index is 3.26. The van der Waals surface area contributed by atoms with Gasteiger partial charge in [0, 0.05) is 0 Å². The second-order valence-electron chi connectivity index (χ2n) is 2.78. The fourth-order valence-electron chi connectivity index (χ4n) is 0.793. The average molecular weight is 155 g/mol. The van der Waals surface area contributed by atoms with Gasteiger partial charge in [0.25, 0.3) is 0 Å². The summed E-state index contributed by atoms with van der Waals surface area (Å²) in [7, 11) is 2.07. The summed E-state index contributed by atoms with van der Waals surface area (Å²) in [5.74, 6) is 0. The van der Waals surface area contributed by atoms with Gasteiger partial charge < -0.3 is 4.90 Å². The van der Waals surface area contributed by atoms with Crippen molar-refractivity contribution in [3.8, 4) is 0 Å². The lowest BCUT2D eigenvalue weighted by Gasteiger charge is -2.12. The molecule has 64 valence electrons. The number of hydrogen-bond donors (Lipinski definition) is 0. The van der Waals surface area contributed by atoms with Crippen LogP contribution in [0.4, 0.5) is 0 Å². The lowest BCUT2D eigenvalue weighted by Crippen LogP contribution is -2.18. The molecule has 0 radical (unpaired) electrons. The molecule has 2 nitrogen and oxygen atoms in total. The van der Waals surface area contributed by atoms with Crippen LogP contribution in [0.1, 0.15) is 19.8 Å². The molecular weight excluding hydrogens is 138 g/mol. The van der Waals surface area contributed by atoms with Gasteiger partial charge in [0.05, 0.1) is 0 Å². The molecule has 11 heavy (non-hydrogen) atoms. The van der Waals surface area contributed by atoms with E-state index in [-0.39, 0.29) is 0 Å². The predicted molar refractivity (Wildman–Crippen MR) is 47.6 cm³/mol. The lowest BCUT2D eigenvalue weighted by molar-refractivity contribution is -0.105. The van der Waals surface area contributed by atoms with E-state index in [0.29, 0.717) is 5.57 Å². The Kier molecular flexibility index (Phi) is 5.75. The van der Waals surface area contributed by atoms with Crippen molar-refractivity contribution < 1.29 is 4.79 Å². The van der Waals surface area contributed by atoms with Crippen molar-refractivity contribution >= 4 is 6.29 Å². The molecular formula is C9H17NO. The molecule has 0 aromatic carbocycles. The third-order valence-corrected chi connectivity index (χ3v) is 1.74. The topological polar surface area (TPSA) is 20.3 Å². The largest absolute Gasteiger partial charge is 0.307 e. The summed E-state index contributed by atoms with van der Waals surface area (Å²) in [6.07, 6.45) is 2.70. The monoisotopic (exact) mass is 155 g/mol. The maximum absolute atomic E-state index is 10.1. The molecule has 0 bridgehead atoms. The van der Waals surface area contributed by atoms with Gasteiger partial charge in [-0.05, 0) is 38.6 Å². The van der Waals surface area contributed by atoms with Crippen LogP contribution in [0.25, 0.3) is 0 Å². The van der Waals surface area contributed by atoms with Crippen LogP contribution in [0.5, 0.6) is 0 Å². The van der Waals surface area contributed by atoms with Crippen molar-refractivity contribution in [1.29, 1.82) is 0 Å². The number of carbonyl (C=O) groups excluding carboxylic acids is 1. The summed E-state index contributed by atoms with van der Waals surface area (Å²) in [6.45, 7) is 7.84. The highest BCUT2D eigenvalue weighted by atomic mass is 16.1. The first-order valence-corrected chi connectivity index (χ1v) is 4.02. The minimum Gasteiger partial charge on any atom is -0.307 e. The Bertz CT molecular complexity index is 132. The van der Waals surface area contributed by atoms with Gasteiger partial charge in [0.1, 0.15) is 6.29 Å². The van der Waals surface area contributed by atoms with Crippen LogP contribution in [0.3, 0.4) is 0 Å². The quantitative estimate of drug-likeness (QED) is 0.427. The Morgan fingerprint density at radius 1 is 1.64 bits per heavy atom. The maximum Gasteiger partial charge on any atom is 0.145 e. The van der Waals surface area contributed by atoms with Crippen molar-refractivity contribution in [1.82, 2.24) is 4.90 Å². The number of rotatable bonds is 6. The molecule has 0 aliphatic carbocycles. The molecule has 0 unspecified atom stereocenters. The Hall–Kier alpha value is -0.630. The number of carbonyl (C=O) groups is 1. The molecule has 0 fully saturated rings. The third kappa shape index (κ3) is 5.80. The van der Waals surface area contributed by atoms with E-state index in [1.165, 1.54) is 0 Å². The zero-order valence-electron chi connectivity index (χ0n) is 7.47. The van der Waals surface area contributed by atoms with Crippen LogP contribution >= 0.6 is 0 Å². The van der Waals surface area contributed by atoms with Gasteiger partial charge in [0.2, 0.25) is 0 Å². The van der Waals surface area contributed by atoms with E-state index in [4.69, 9.17) is 0 Å². The molecule has 0 atom stereocenters. The van der Waals surface area contributed by atoms with E-state index in [2.05, 4.69) is 25.5 Å². The first-order chi connectivity index (χ1) is 5.20. The van der Waals surface area contributed by atoms with Gasteiger partial charge in [0.15, 0.2) is 0 Å². The zero-order chi connectivity index (χ0) is 8.69. The zero-order valence-corrected chi connectivity index (χ0v) is 7.47. The normalized spacial score (nSPS) is 10.1. The van der Waals surface area contributed by atoms with Crippen molar-refractivity contribution in [2.24, 2.45) is 0 Å². The van der Waals surface area contributed by atoms with E-state index < -0.39 is 0 Å². The van der Waals surface area contributed by atoms with Crippen molar-refractivity contribution in [3.05, 3.63) is 12.2 Å². The van der Waals surface area contributed by atoms with Gasteiger partial charge in [-0.15, -0.1) is 0 Å². The summed E-state index contributed by atoms with van der Waals surface area (Å²) < 4.78 is 0. The van der Waals surface area contributed by atoms with Crippen molar-refractivity contribution in [2.45, 2.75) is 19.8 Å². The smallest absolute Gasteiger partial charge is 0.145 e. The average Bonchev–Trinajstić information content (AvgIpc) is 2.04. The number of nitrogens with zero attached hydrogens (tertiary/aromatic N) is 1. The number of allylic oxidation sites excluding steroid dienone is 1. The number of aldehydes is 1. The van der Waals surface area contributed by atoms with E-state index in [9.17, 15) is 4.79 Å². The molecule has 0 N–H and O–H groups in total. The van der Waals surface area contributed by atoms with Gasteiger partial charge >= 0.3 is 0 Å². The van der Waals surface area contributed by atoms with Crippen LogP contribution in [0, 0.1) is 0 Å². The molecule has 0 spiro atoms. The van der Waals surface area contributed by atoms with E-state index in [1.54, 1.807) is 0 Å². The molecule has 0 aromatic heterocycles. The van der Waals surface area contributed by atoms with E-state index in [1.807, 2.05) is 0 Å². The summed E-state index contributed by atoms with van der Waals surface area (Å²) in [6, 6.07) is 0. The highest BCUT2D eigenvalue weighted by Gasteiger charge is 1.95. The molecule has 0 rings (SSSR count). The Morgan fingerprint density at radius 3 is 2.73 bits per heavy atom. The second-order valence-corrected chi connectivity index (χ2v) is 2.78. The Morgan fingerprint density at radius 2 is 2.27 bits per heavy atom. The Labute approximate surface area is 68.9 Å². The molecule has 2 heteroatoms. The summed E-state index contributed by atoms with van der Waals surface area (Å²) in [4.78, 5) is 12.4. The van der Waals surface area contributed by atoms with E-state index in [0.717, 1.165) is 32.2 Å². The van der Waals surface area contributed by atoms with Gasteiger partial charge in [-0.3, -0.25) is 4.79 Å². The molecule has 0 saturated carbocycles. The first-order valence-electron chi connectivity index (χ1n) is 4.02. The van der Waals surface area contributed by atoms with Crippen molar-refractivity contribution in [2.75, 3.05) is 20.1 Å². The maximum atomic E-state index is 10.1. The van der Waals surface area contributed by atoms with Crippen molar-refractivity contribution in [3.63, 3.8) is 0 Å². The fraction of sp³-hybridized carbons (Fsp3) is 0.667. The van der Waals surface area contributed by atoms with Crippen LogP contribution in [-0.4, -0.2) is 31.3 Å². The fourth-order valence-corrected chi connectivity index (χ4v) is 0.793. The molecule has 0 heterocycles. The minimum atomic E-state index is 0.703. The van der Waals surface area contributed by atoms with E-state index >= 15 is 0 Å². The summed E-state index contributed by atoms with van der Waals surface area (Å²) in [5, 5.41) is 0. The second kappa shape index (κ2) is 6.10. The molecule has 0 saturated heterocycles. The first kappa shape index (κ1) is 10.4. The molecule has 0 aliphatic rings.